The Morgan fingerprint density at radius 2 is 2.00 bits per heavy atom. The molecule has 0 bridgehead atoms. The number of aromatic nitrogens is 2. The first kappa shape index (κ1) is 20.4. The van der Waals surface area contributed by atoms with Crippen molar-refractivity contribution in [1.29, 1.82) is 0 Å². The van der Waals surface area contributed by atoms with E-state index >= 15 is 0 Å². The van der Waals surface area contributed by atoms with Gasteiger partial charge in [-0.2, -0.15) is 17.5 Å². The van der Waals surface area contributed by atoms with Crippen LogP contribution in [0, 0.1) is 6.92 Å². The van der Waals surface area contributed by atoms with Crippen LogP contribution < -0.4 is 15.5 Å². The highest BCUT2D eigenvalue weighted by atomic mass is 32.1. The second kappa shape index (κ2) is 9.12. The number of nitrogens with zero attached hydrogens (tertiary/aromatic N) is 4. The number of hydrogen-bond donors (Lipinski definition) is 2. The van der Waals surface area contributed by atoms with Crippen LogP contribution in [0.15, 0.2) is 0 Å². The number of hydrogen-bond acceptors (Lipinski definition) is 7. The molecule has 0 atom stereocenters. The maximum atomic E-state index is 12.0. The molecule has 0 radical (unpaired) electrons. The van der Waals surface area contributed by atoms with E-state index in [-0.39, 0.29) is 6.42 Å². The lowest BCUT2D eigenvalue weighted by Crippen LogP contribution is -2.44. The van der Waals surface area contributed by atoms with Crippen LogP contribution in [0.2, 0.25) is 0 Å². The molecule has 26 heavy (non-hydrogen) atoms. The predicted molar refractivity (Wildman–Crippen MR) is 90.1 cm³/mol. The highest BCUT2D eigenvalue weighted by Gasteiger charge is 2.28. The molecule has 2 rings (SSSR count). The maximum Gasteiger partial charge on any atom is 0.405 e. The van der Waals surface area contributed by atoms with Crippen LogP contribution in [-0.4, -0.2) is 71.6 Å². The fourth-order valence-corrected chi connectivity index (χ4v) is 3.20. The van der Waals surface area contributed by atoms with Gasteiger partial charge in [-0.15, -0.1) is 0 Å². The molecule has 1 aromatic rings. The minimum atomic E-state index is -4.51. The van der Waals surface area contributed by atoms with Crippen molar-refractivity contribution in [3.8, 4) is 0 Å². The molecule has 2 heterocycles. The third-order valence-electron chi connectivity index (χ3n) is 3.73. The average molecular weight is 394 g/mol. The number of aryl methyl sites for hydroxylation is 1. The second-order valence-corrected chi connectivity index (χ2v) is 6.63. The molecule has 146 valence electrons. The zero-order valence-electron chi connectivity index (χ0n) is 14.3. The van der Waals surface area contributed by atoms with Crippen LogP contribution in [0.4, 0.5) is 23.1 Å². The molecule has 0 unspecified atom stereocenters. The maximum absolute atomic E-state index is 12.0. The van der Waals surface area contributed by atoms with Crippen LogP contribution in [-0.2, 0) is 4.79 Å². The second-order valence-electron chi connectivity index (χ2n) is 5.90. The largest absolute Gasteiger partial charge is 0.405 e. The molecule has 0 aliphatic carbocycles. The van der Waals surface area contributed by atoms with Crippen LogP contribution in [0.25, 0.3) is 0 Å². The Balaban J connectivity index is 1.69. The van der Waals surface area contributed by atoms with Crippen molar-refractivity contribution < 1.29 is 22.8 Å². The predicted octanol–water partition coefficient (Wildman–Crippen LogP) is 1.14. The molecule has 3 amide bonds. The summed E-state index contributed by atoms with van der Waals surface area (Å²) < 4.78 is 40.2. The number of imide groups is 1. The van der Waals surface area contributed by atoms with Gasteiger partial charge in [-0.05, 0) is 19.9 Å². The number of carbonyl (C=O) groups is 2. The summed E-state index contributed by atoms with van der Waals surface area (Å²) >= 11 is 1.36. The van der Waals surface area contributed by atoms with Crippen LogP contribution in [0.5, 0.6) is 0 Å². The van der Waals surface area contributed by atoms with Crippen LogP contribution in [0.3, 0.4) is 0 Å². The summed E-state index contributed by atoms with van der Waals surface area (Å²) in [6, 6.07) is -1.14. The fraction of sp³-hybridized carbons (Fsp3) is 0.714. The molecule has 0 aromatic carbocycles. The van der Waals surface area contributed by atoms with E-state index in [2.05, 4.69) is 19.2 Å². The number of carbonyl (C=O) groups excluding carboxylic acids is 2. The quantitative estimate of drug-likeness (QED) is 0.778. The minimum absolute atomic E-state index is 0.0390. The number of rotatable bonds is 5. The molecule has 1 aromatic heterocycles. The SMILES string of the molecule is Cc1nsc(N2CCCN(CCC(=O)NC(=O)NCC(F)(F)F)CC2)n1. The van der Waals surface area contributed by atoms with Gasteiger partial charge in [-0.25, -0.2) is 9.78 Å². The topological polar surface area (TPSA) is 90.5 Å². The molecule has 1 aliphatic rings. The first-order chi connectivity index (χ1) is 12.2. The van der Waals surface area contributed by atoms with Crippen molar-refractivity contribution in [2.24, 2.45) is 0 Å². The van der Waals surface area contributed by atoms with E-state index in [1.807, 2.05) is 12.2 Å². The molecule has 1 fully saturated rings. The van der Waals surface area contributed by atoms with E-state index in [1.165, 1.54) is 11.5 Å². The summed E-state index contributed by atoms with van der Waals surface area (Å²) in [6.07, 6.45) is -3.58. The third kappa shape index (κ3) is 7.12. The summed E-state index contributed by atoms with van der Waals surface area (Å²) in [5, 5.41) is 4.38. The van der Waals surface area contributed by atoms with E-state index in [0.717, 1.165) is 43.6 Å². The molecule has 0 saturated carbocycles. The van der Waals surface area contributed by atoms with Gasteiger partial charge in [0.25, 0.3) is 0 Å². The molecule has 2 N–H and O–H groups in total. The monoisotopic (exact) mass is 394 g/mol. The molecule has 8 nitrogen and oxygen atoms in total. The van der Waals surface area contributed by atoms with Crippen molar-refractivity contribution in [3.63, 3.8) is 0 Å². The van der Waals surface area contributed by atoms with E-state index in [4.69, 9.17) is 0 Å². The van der Waals surface area contributed by atoms with Gasteiger partial charge in [0.2, 0.25) is 11.0 Å². The van der Waals surface area contributed by atoms with Crippen molar-refractivity contribution in [2.75, 3.05) is 44.2 Å². The summed E-state index contributed by atoms with van der Waals surface area (Å²) in [5.41, 5.74) is 0. The first-order valence-corrected chi connectivity index (χ1v) is 8.92. The van der Waals surface area contributed by atoms with Crippen LogP contribution in [0.1, 0.15) is 18.7 Å². The minimum Gasteiger partial charge on any atom is -0.346 e. The normalized spacial score (nSPS) is 16.2. The molecule has 0 spiro atoms. The fourth-order valence-electron chi connectivity index (χ4n) is 2.47. The van der Waals surface area contributed by atoms with Gasteiger partial charge < -0.3 is 15.1 Å². The smallest absolute Gasteiger partial charge is 0.346 e. The lowest BCUT2D eigenvalue weighted by molar-refractivity contribution is -0.124. The number of halogens is 3. The van der Waals surface area contributed by atoms with Crippen molar-refractivity contribution >= 4 is 28.6 Å². The van der Waals surface area contributed by atoms with Gasteiger partial charge in [0.1, 0.15) is 12.4 Å². The summed E-state index contributed by atoms with van der Waals surface area (Å²) in [4.78, 5) is 31.5. The van der Waals surface area contributed by atoms with Gasteiger partial charge in [0.15, 0.2) is 0 Å². The summed E-state index contributed by atoms with van der Waals surface area (Å²) in [6.45, 7) is 3.92. The van der Waals surface area contributed by atoms with Crippen LogP contribution >= 0.6 is 11.5 Å². The van der Waals surface area contributed by atoms with Crippen molar-refractivity contribution in [3.05, 3.63) is 5.82 Å². The van der Waals surface area contributed by atoms with E-state index in [9.17, 15) is 22.8 Å². The lowest BCUT2D eigenvalue weighted by Gasteiger charge is -2.20. The third-order valence-corrected chi connectivity index (χ3v) is 4.60. The zero-order chi connectivity index (χ0) is 19.2. The molecular weight excluding hydrogens is 373 g/mol. The summed E-state index contributed by atoms with van der Waals surface area (Å²) in [7, 11) is 0. The number of amides is 3. The Labute approximate surface area is 152 Å². The van der Waals surface area contributed by atoms with E-state index in [1.54, 1.807) is 5.32 Å². The number of nitrogens with one attached hydrogen (secondary N) is 2. The Kier molecular flexibility index (Phi) is 7.14. The standard InChI is InChI=1S/C14H21F3N6O2S/c1-10-19-13(26-21-10)23-5-2-4-22(7-8-23)6-3-11(24)20-12(25)18-9-14(15,16)17/h2-9H2,1H3,(H2,18,20,24,25). The molecular formula is C14H21F3N6O2S. The molecule has 1 saturated heterocycles. The number of anilines is 1. The first-order valence-electron chi connectivity index (χ1n) is 8.15. The highest BCUT2D eigenvalue weighted by Crippen LogP contribution is 2.18. The van der Waals surface area contributed by atoms with Gasteiger partial charge >= 0.3 is 12.2 Å². The van der Waals surface area contributed by atoms with Gasteiger partial charge in [0.05, 0.1) is 0 Å². The summed E-state index contributed by atoms with van der Waals surface area (Å²) in [5.74, 6) is 0.136. The van der Waals surface area contributed by atoms with E-state index < -0.39 is 24.7 Å². The van der Waals surface area contributed by atoms with E-state index in [0.29, 0.717) is 6.54 Å². The Morgan fingerprint density at radius 1 is 1.23 bits per heavy atom. The Hall–Kier alpha value is -1.95. The molecule has 12 heteroatoms. The van der Waals surface area contributed by atoms with Crippen molar-refractivity contribution in [2.45, 2.75) is 25.9 Å². The van der Waals surface area contributed by atoms with Gasteiger partial charge in [-0.3, -0.25) is 10.1 Å². The Bertz CT molecular complexity index is 624. The van der Waals surface area contributed by atoms with Gasteiger partial charge in [0, 0.05) is 44.1 Å². The van der Waals surface area contributed by atoms with Crippen molar-refractivity contribution in [1.82, 2.24) is 24.9 Å². The zero-order valence-corrected chi connectivity index (χ0v) is 15.1. The average Bonchev–Trinajstić information content (AvgIpc) is 2.85. The number of alkyl halides is 3. The van der Waals surface area contributed by atoms with Gasteiger partial charge in [-0.1, -0.05) is 0 Å². The highest BCUT2D eigenvalue weighted by molar-refractivity contribution is 7.09. The number of urea groups is 1. The lowest BCUT2D eigenvalue weighted by atomic mass is 10.3. The molecule has 1 aliphatic heterocycles. The Morgan fingerprint density at radius 3 is 2.65 bits per heavy atom.